The van der Waals surface area contributed by atoms with Gasteiger partial charge < -0.3 is 15.3 Å². The molecular formula is C24H24Cl2N2O4. The summed E-state index contributed by atoms with van der Waals surface area (Å²) in [6.45, 7) is 2.27. The van der Waals surface area contributed by atoms with Crippen LogP contribution in [0, 0.1) is 5.92 Å². The molecule has 1 heterocycles. The maximum Gasteiger partial charge on any atom is 0.325 e. The Bertz CT molecular complexity index is 1030. The van der Waals surface area contributed by atoms with Crippen LogP contribution in [0.3, 0.4) is 0 Å². The summed E-state index contributed by atoms with van der Waals surface area (Å²) in [6.07, 6.45) is 4.05. The van der Waals surface area contributed by atoms with Gasteiger partial charge in [-0.3, -0.25) is 14.4 Å². The quantitative estimate of drug-likeness (QED) is 0.603. The third-order valence-corrected chi connectivity index (χ3v) is 6.41. The number of hydrogen-bond donors (Lipinski definition) is 2. The highest BCUT2D eigenvalue weighted by molar-refractivity contribution is 6.44. The number of nitrogens with one attached hydrogen (secondary N) is 1. The molecule has 2 aromatic rings. The second kappa shape index (κ2) is 10.7. The monoisotopic (exact) mass is 474 g/mol. The molecule has 1 aliphatic rings. The summed E-state index contributed by atoms with van der Waals surface area (Å²) in [5.74, 6) is -1.85. The normalized spacial score (nSPS) is 15.5. The summed E-state index contributed by atoms with van der Waals surface area (Å²) >= 11 is 12.9. The first-order valence-corrected chi connectivity index (χ1v) is 11.1. The molecular weight excluding hydrogens is 451 g/mol. The van der Waals surface area contributed by atoms with Crippen molar-refractivity contribution in [3.63, 3.8) is 0 Å². The van der Waals surface area contributed by atoms with Crippen molar-refractivity contribution >= 4 is 47.1 Å². The van der Waals surface area contributed by atoms with Crippen molar-refractivity contribution in [3.8, 4) is 11.1 Å². The molecule has 0 saturated carbocycles. The number of hydrogen-bond acceptors (Lipinski definition) is 3. The van der Waals surface area contributed by atoms with E-state index in [4.69, 9.17) is 28.3 Å². The molecule has 8 heteroatoms. The fourth-order valence-corrected chi connectivity index (χ4v) is 4.06. The standard InChI is InChI=1S/C24H24Cl2N2O4/c1-15(24(31)32)27-23(30)18-11-13-28(14-12-18)20(29)10-8-17-7-9-19(22(26)21(17)25)16-5-3-2-4-6-16/h2-10,15,18H,11-14H2,1H3,(H,27,30)(H,31,32)/b10-8+. The van der Waals surface area contributed by atoms with Crippen LogP contribution in [-0.4, -0.2) is 46.9 Å². The van der Waals surface area contributed by atoms with E-state index in [0.717, 1.165) is 11.1 Å². The third-order valence-electron chi connectivity index (χ3n) is 5.51. The Morgan fingerprint density at radius 3 is 2.34 bits per heavy atom. The molecule has 1 fully saturated rings. The highest BCUT2D eigenvalue weighted by Gasteiger charge is 2.28. The zero-order valence-corrected chi connectivity index (χ0v) is 19.1. The van der Waals surface area contributed by atoms with Crippen molar-refractivity contribution in [2.75, 3.05) is 13.1 Å². The van der Waals surface area contributed by atoms with Crippen molar-refractivity contribution in [3.05, 3.63) is 64.1 Å². The Morgan fingerprint density at radius 1 is 1.06 bits per heavy atom. The van der Waals surface area contributed by atoms with E-state index in [1.54, 1.807) is 11.0 Å². The van der Waals surface area contributed by atoms with E-state index < -0.39 is 12.0 Å². The number of likely N-dealkylation sites (tertiary alicyclic amines) is 1. The molecule has 6 nitrogen and oxygen atoms in total. The molecule has 2 amide bonds. The Kier molecular flexibility index (Phi) is 7.94. The zero-order chi connectivity index (χ0) is 23.3. The summed E-state index contributed by atoms with van der Waals surface area (Å²) in [7, 11) is 0. The van der Waals surface area contributed by atoms with Gasteiger partial charge in [0.05, 0.1) is 10.0 Å². The van der Waals surface area contributed by atoms with E-state index in [9.17, 15) is 14.4 Å². The van der Waals surface area contributed by atoms with Gasteiger partial charge in [0.25, 0.3) is 0 Å². The van der Waals surface area contributed by atoms with Crippen LogP contribution in [0.25, 0.3) is 17.2 Å². The minimum absolute atomic E-state index is 0.179. The van der Waals surface area contributed by atoms with Gasteiger partial charge in [0.2, 0.25) is 11.8 Å². The van der Waals surface area contributed by atoms with Gasteiger partial charge in [0, 0.05) is 30.6 Å². The van der Waals surface area contributed by atoms with Gasteiger partial charge in [-0.05, 0) is 37.0 Å². The number of rotatable bonds is 6. The highest BCUT2D eigenvalue weighted by atomic mass is 35.5. The van der Waals surface area contributed by atoms with E-state index in [1.165, 1.54) is 13.0 Å². The predicted molar refractivity (Wildman–Crippen MR) is 125 cm³/mol. The maximum absolute atomic E-state index is 12.6. The number of piperidine rings is 1. The van der Waals surface area contributed by atoms with Gasteiger partial charge in [-0.25, -0.2) is 0 Å². The van der Waals surface area contributed by atoms with Gasteiger partial charge in [-0.2, -0.15) is 0 Å². The van der Waals surface area contributed by atoms with Gasteiger partial charge in [0.1, 0.15) is 6.04 Å². The Morgan fingerprint density at radius 2 is 1.72 bits per heavy atom. The SMILES string of the molecule is CC(NC(=O)C1CCN(C(=O)/C=C/c2ccc(-c3ccccc3)c(Cl)c2Cl)CC1)C(=O)O. The van der Waals surface area contributed by atoms with Crippen molar-refractivity contribution in [2.24, 2.45) is 5.92 Å². The van der Waals surface area contributed by atoms with E-state index in [0.29, 0.717) is 41.5 Å². The van der Waals surface area contributed by atoms with Crippen molar-refractivity contribution in [1.29, 1.82) is 0 Å². The lowest BCUT2D eigenvalue weighted by Gasteiger charge is -2.31. The molecule has 0 spiro atoms. The molecule has 1 atom stereocenters. The fraction of sp³-hybridized carbons (Fsp3) is 0.292. The average Bonchev–Trinajstić information content (AvgIpc) is 2.80. The topological polar surface area (TPSA) is 86.7 Å². The van der Waals surface area contributed by atoms with E-state index in [1.807, 2.05) is 42.5 Å². The number of aliphatic carboxylic acids is 1. The third kappa shape index (κ3) is 5.69. The van der Waals surface area contributed by atoms with Crippen molar-refractivity contribution in [1.82, 2.24) is 10.2 Å². The average molecular weight is 475 g/mol. The summed E-state index contributed by atoms with van der Waals surface area (Å²) < 4.78 is 0. The smallest absolute Gasteiger partial charge is 0.325 e. The lowest BCUT2D eigenvalue weighted by molar-refractivity contribution is -0.142. The largest absolute Gasteiger partial charge is 0.480 e. The number of benzene rings is 2. The van der Waals surface area contributed by atoms with E-state index in [-0.39, 0.29) is 17.7 Å². The summed E-state index contributed by atoms with van der Waals surface area (Å²) in [4.78, 5) is 37.3. The van der Waals surface area contributed by atoms with Crippen molar-refractivity contribution < 1.29 is 19.5 Å². The molecule has 3 rings (SSSR count). The maximum atomic E-state index is 12.6. The number of nitrogens with zero attached hydrogens (tertiary/aromatic N) is 1. The second-order valence-electron chi connectivity index (χ2n) is 7.70. The van der Waals surface area contributed by atoms with Crippen LogP contribution >= 0.6 is 23.2 Å². The first-order chi connectivity index (χ1) is 15.3. The molecule has 1 saturated heterocycles. The van der Waals surface area contributed by atoms with Crippen LogP contribution < -0.4 is 5.32 Å². The highest BCUT2D eigenvalue weighted by Crippen LogP contribution is 2.36. The molecule has 2 aromatic carbocycles. The first kappa shape index (κ1) is 23.8. The summed E-state index contributed by atoms with van der Waals surface area (Å²) in [5.41, 5.74) is 2.41. The summed E-state index contributed by atoms with van der Waals surface area (Å²) in [6, 6.07) is 12.4. The molecule has 32 heavy (non-hydrogen) atoms. The van der Waals surface area contributed by atoms with Crippen LogP contribution in [0.1, 0.15) is 25.3 Å². The molecule has 0 aliphatic carbocycles. The van der Waals surface area contributed by atoms with Crippen LogP contribution in [-0.2, 0) is 14.4 Å². The molecule has 0 aromatic heterocycles. The van der Waals surface area contributed by atoms with E-state index >= 15 is 0 Å². The zero-order valence-electron chi connectivity index (χ0n) is 17.6. The minimum Gasteiger partial charge on any atom is -0.480 e. The number of carbonyl (C=O) groups excluding carboxylic acids is 2. The molecule has 168 valence electrons. The lowest BCUT2D eigenvalue weighted by atomic mass is 9.95. The molecule has 2 N–H and O–H groups in total. The van der Waals surface area contributed by atoms with Crippen molar-refractivity contribution in [2.45, 2.75) is 25.8 Å². The first-order valence-electron chi connectivity index (χ1n) is 10.3. The number of halogens is 2. The summed E-state index contributed by atoms with van der Waals surface area (Å²) in [5, 5.41) is 12.2. The van der Waals surface area contributed by atoms with Crippen LogP contribution in [0.4, 0.5) is 0 Å². The van der Waals surface area contributed by atoms with Crippen LogP contribution in [0.15, 0.2) is 48.5 Å². The number of carboxylic acid groups (broad SMARTS) is 1. The van der Waals surface area contributed by atoms with Gasteiger partial charge in [0.15, 0.2) is 0 Å². The molecule has 0 bridgehead atoms. The Labute approximate surface area is 196 Å². The molecule has 0 radical (unpaired) electrons. The minimum atomic E-state index is -1.08. The number of carboxylic acids is 1. The fourth-order valence-electron chi connectivity index (χ4n) is 3.56. The van der Waals surface area contributed by atoms with Gasteiger partial charge >= 0.3 is 5.97 Å². The lowest BCUT2D eigenvalue weighted by Crippen LogP contribution is -2.46. The van der Waals surface area contributed by atoms with Gasteiger partial charge in [-0.1, -0.05) is 65.7 Å². The predicted octanol–water partition coefficient (Wildman–Crippen LogP) is 4.50. The van der Waals surface area contributed by atoms with Crippen LogP contribution in [0.2, 0.25) is 10.0 Å². The number of amides is 2. The second-order valence-corrected chi connectivity index (χ2v) is 8.45. The molecule has 1 unspecified atom stereocenters. The van der Waals surface area contributed by atoms with Crippen LogP contribution in [0.5, 0.6) is 0 Å². The number of carbonyl (C=O) groups is 3. The van der Waals surface area contributed by atoms with E-state index in [2.05, 4.69) is 5.32 Å². The Balaban J connectivity index is 1.60. The van der Waals surface area contributed by atoms with Gasteiger partial charge in [-0.15, -0.1) is 0 Å². The molecule has 1 aliphatic heterocycles. The Hall–Kier alpha value is -2.83.